The minimum absolute atomic E-state index is 0.212. The number of para-hydroxylation sites is 1. The van der Waals surface area contributed by atoms with Crippen LogP contribution in [-0.4, -0.2) is 17.7 Å². The monoisotopic (exact) mass is 390 g/mol. The van der Waals surface area contributed by atoms with Crippen molar-refractivity contribution in [1.82, 2.24) is 4.98 Å². The Kier molecular flexibility index (Phi) is 4.79. The van der Waals surface area contributed by atoms with Crippen molar-refractivity contribution in [3.05, 3.63) is 58.4 Å². The number of rotatable bonds is 4. The van der Waals surface area contributed by atoms with Gasteiger partial charge < -0.3 is 14.2 Å². The SMILES string of the molecule is CC(=O)Oc1ccccc1C=C(C#N)c1nc(-c2ccc3c(c2)OCO3)cs1. The highest BCUT2D eigenvalue weighted by Gasteiger charge is 2.16. The van der Waals surface area contributed by atoms with E-state index in [0.29, 0.717) is 33.4 Å². The van der Waals surface area contributed by atoms with E-state index in [9.17, 15) is 10.1 Å². The van der Waals surface area contributed by atoms with Crippen LogP contribution in [0.4, 0.5) is 0 Å². The number of carbonyl (C=O) groups excluding carboxylic acids is 1. The molecule has 0 amide bonds. The quantitative estimate of drug-likeness (QED) is 0.370. The highest BCUT2D eigenvalue weighted by molar-refractivity contribution is 7.11. The van der Waals surface area contributed by atoms with Gasteiger partial charge in [0.25, 0.3) is 0 Å². The molecule has 1 aliphatic heterocycles. The topological polar surface area (TPSA) is 81.4 Å². The van der Waals surface area contributed by atoms with Crippen LogP contribution >= 0.6 is 11.3 Å². The molecule has 0 atom stereocenters. The third-order valence-corrected chi connectivity index (χ3v) is 4.87. The molecule has 28 heavy (non-hydrogen) atoms. The Morgan fingerprint density at radius 2 is 2.07 bits per heavy atom. The first-order valence-electron chi connectivity index (χ1n) is 8.39. The molecule has 0 spiro atoms. The molecule has 4 rings (SSSR count). The minimum Gasteiger partial charge on any atom is -0.454 e. The van der Waals surface area contributed by atoms with Crippen LogP contribution in [0.5, 0.6) is 17.2 Å². The predicted octanol–water partition coefficient (Wildman–Crippen LogP) is 4.53. The van der Waals surface area contributed by atoms with Gasteiger partial charge in [-0.15, -0.1) is 11.3 Å². The van der Waals surface area contributed by atoms with E-state index in [1.165, 1.54) is 18.3 Å². The van der Waals surface area contributed by atoms with Gasteiger partial charge in [-0.2, -0.15) is 5.26 Å². The molecule has 0 bridgehead atoms. The summed E-state index contributed by atoms with van der Waals surface area (Å²) in [5, 5.41) is 12.1. The first-order chi connectivity index (χ1) is 13.6. The Morgan fingerprint density at radius 1 is 1.25 bits per heavy atom. The number of carbonyl (C=O) groups is 1. The fourth-order valence-corrected chi connectivity index (χ4v) is 3.53. The van der Waals surface area contributed by atoms with Crippen molar-refractivity contribution in [3.63, 3.8) is 0 Å². The van der Waals surface area contributed by atoms with Crippen LogP contribution in [0.2, 0.25) is 0 Å². The molecule has 1 aliphatic rings. The lowest BCUT2D eigenvalue weighted by Crippen LogP contribution is -2.02. The Morgan fingerprint density at radius 3 is 2.89 bits per heavy atom. The molecular formula is C21H14N2O4S. The lowest BCUT2D eigenvalue weighted by atomic mass is 10.1. The second kappa shape index (κ2) is 7.55. The maximum atomic E-state index is 11.3. The van der Waals surface area contributed by atoms with Crippen molar-refractivity contribution in [2.75, 3.05) is 6.79 Å². The van der Waals surface area contributed by atoms with E-state index in [1.54, 1.807) is 24.3 Å². The highest BCUT2D eigenvalue weighted by Crippen LogP contribution is 2.37. The number of thiazole rings is 1. The number of hydrogen-bond donors (Lipinski definition) is 0. The molecule has 2 aromatic carbocycles. The van der Waals surface area contributed by atoms with Crippen molar-refractivity contribution in [2.45, 2.75) is 6.92 Å². The fourth-order valence-electron chi connectivity index (χ4n) is 2.73. The summed E-state index contributed by atoms with van der Waals surface area (Å²) in [5.74, 6) is 1.37. The second-order valence-corrected chi connectivity index (χ2v) is 6.77. The molecule has 7 heteroatoms. The summed E-state index contributed by atoms with van der Waals surface area (Å²) < 4.78 is 15.9. The van der Waals surface area contributed by atoms with Gasteiger partial charge in [-0.1, -0.05) is 18.2 Å². The highest BCUT2D eigenvalue weighted by atomic mass is 32.1. The van der Waals surface area contributed by atoms with Crippen LogP contribution in [0.25, 0.3) is 22.9 Å². The molecule has 6 nitrogen and oxygen atoms in total. The number of benzene rings is 2. The molecule has 0 N–H and O–H groups in total. The fraction of sp³-hybridized carbons (Fsp3) is 0.0952. The maximum absolute atomic E-state index is 11.3. The molecular weight excluding hydrogens is 376 g/mol. The predicted molar refractivity (Wildman–Crippen MR) is 105 cm³/mol. The lowest BCUT2D eigenvalue weighted by Gasteiger charge is -2.05. The van der Waals surface area contributed by atoms with Crippen molar-refractivity contribution in [1.29, 1.82) is 5.26 Å². The van der Waals surface area contributed by atoms with Gasteiger partial charge in [0.2, 0.25) is 6.79 Å². The summed E-state index contributed by atoms with van der Waals surface area (Å²) in [7, 11) is 0. The summed E-state index contributed by atoms with van der Waals surface area (Å²) in [5.41, 5.74) is 2.64. The van der Waals surface area contributed by atoms with E-state index >= 15 is 0 Å². The van der Waals surface area contributed by atoms with E-state index < -0.39 is 5.97 Å². The zero-order valence-corrected chi connectivity index (χ0v) is 15.7. The first kappa shape index (κ1) is 17.8. The minimum atomic E-state index is -0.418. The molecule has 0 saturated heterocycles. The van der Waals surface area contributed by atoms with Crippen molar-refractivity contribution in [2.24, 2.45) is 0 Å². The number of esters is 1. The smallest absolute Gasteiger partial charge is 0.308 e. The average molecular weight is 390 g/mol. The maximum Gasteiger partial charge on any atom is 0.308 e. The van der Waals surface area contributed by atoms with Gasteiger partial charge in [0.1, 0.15) is 16.8 Å². The van der Waals surface area contributed by atoms with Gasteiger partial charge >= 0.3 is 5.97 Å². The van der Waals surface area contributed by atoms with Crippen molar-refractivity contribution in [3.8, 4) is 34.6 Å². The van der Waals surface area contributed by atoms with Crippen LogP contribution in [0, 0.1) is 11.3 Å². The molecule has 2 heterocycles. The molecule has 0 radical (unpaired) electrons. The Bertz CT molecular complexity index is 1130. The van der Waals surface area contributed by atoms with Gasteiger partial charge in [0.15, 0.2) is 11.5 Å². The third-order valence-electron chi connectivity index (χ3n) is 4.00. The van der Waals surface area contributed by atoms with Gasteiger partial charge in [0.05, 0.1) is 11.3 Å². The lowest BCUT2D eigenvalue weighted by molar-refractivity contribution is -0.131. The number of allylic oxidation sites excluding steroid dienone is 1. The normalized spacial score (nSPS) is 12.5. The third kappa shape index (κ3) is 3.59. The van der Waals surface area contributed by atoms with E-state index in [4.69, 9.17) is 14.2 Å². The van der Waals surface area contributed by atoms with E-state index in [1.807, 2.05) is 29.6 Å². The molecule has 0 saturated carbocycles. The summed E-state index contributed by atoms with van der Waals surface area (Å²) in [6.07, 6.45) is 1.67. The molecule has 0 unspecified atom stereocenters. The number of ether oxygens (including phenoxy) is 3. The number of nitrogens with zero attached hydrogens (tertiary/aromatic N) is 2. The first-order valence-corrected chi connectivity index (χ1v) is 9.27. The zero-order valence-electron chi connectivity index (χ0n) is 14.8. The molecule has 1 aromatic heterocycles. The number of hydrogen-bond acceptors (Lipinski definition) is 7. The van der Waals surface area contributed by atoms with Crippen LogP contribution < -0.4 is 14.2 Å². The van der Waals surface area contributed by atoms with Crippen molar-refractivity contribution >= 4 is 29.0 Å². The molecule has 0 fully saturated rings. The number of nitriles is 1. The van der Waals surface area contributed by atoms with Crippen LogP contribution in [-0.2, 0) is 4.79 Å². The summed E-state index contributed by atoms with van der Waals surface area (Å²) in [6, 6.07) is 14.8. The largest absolute Gasteiger partial charge is 0.454 e. The van der Waals surface area contributed by atoms with E-state index in [2.05, 4.69) is 11.1 Å². The second-order valence-electron chi connectivity index (χ2n) is 5.91. The summed E-state index contributed by atoms with van der Waals surface area (Å²) in [4.78, 5) is 15.9. The Hall–Kier alpha value is -3.63. The number of fused-ring (bicyclic) bond motifs is 1. The number of aromatic nitrogens is 1. The van der Waals surface area contributed by atoms with Crippen LogP contribution in [0.1, 0.15) is 17.5 Å². The van der Waals surface area contributed by atoms with Crippen LogP contribution in [0.3, 0.4) is 0 Å². The molecule has 0 aliphatic carbocycles. The van der Waals surface area contributed by atoms with Gasteiger partial charge in [0, 0.05) is 23.4 Å². The van der Waals surface area contributed by atoms with Gasteiger partial charge in [-0.05, 0) is 30.3 Å². The zero-order chi connectivity index (χ0) is 19.5. The molecule has 3 aromatic rings. The Labute approximate surface area is 165 Å². The average Bonchev–Trinajstić information content (AvgIpc) is 3.35. The standard InChI is InChI=1S/C21H14N2O4S/c1-13(24)27-18-5-3-2-4-15(18)8-16(10-22)21-23-17(11-28-21)14-6-7-19-20(9-14)26-12-25-19/h2-9,11H,12H2,1H3. The molecule has 138 valence electrons. The van der Waals surface area contributed by atoms with Gasteiger partial charge in [-0.3, -0.25) is 4.79 Å². The van der Waals surface area contributed by atoms with Crippen molar-refractivity contribution < 1.29 is 19.0 Å². The van der Waals surface area contributed by atoms with E-state index in [0.717, 1.165) is 11.3 Å². The summed E-state index contributed by atoms with van der Waals surface area (Å²) >= 11 is 1.37. The Balaban J connectivity index is 1.66. The van der Waals surface area contributed by atoms with Gasteiger partial charge in [-0.25, -0.2) is 4.98 Å². The summed E-state index contributed by atoms with van der Waals surface area (Å²) in [6.45, 7) is 1.55. The van der Waals surface area contributed by atoms with Crippen LogP contribution in [0.15, 0.2) is 47.8 Å². The van der Waals surface area contributed by atoms with E-state index in [-0.39, 0.29) is 6.79 Å².